The van der Waals surface area contributed by atoms with Crippen LogP contribution < -0.4 is 0 Å². The summed E-state index contributed by atoms with van der Waals surface area (Å²) < 4.78 is 68.7. The molecule has 0 fully saturated rings. The first kappa shape index (κ1) is 100. The average Bonchev–Trinajstić information content (AvgIpc) is 0.907. The summed E-state index contributed by atoms with van der Waals surface area (Å²) in [7, 11) is -9.97. The molecule has 0 rings (SSSR count). The van der Waals surface area contributed by atoms with Crippen LogP contribution in [0.15, 0.2) is 85.1 Å². The molecule has 0 aliphatic rings. The van der Waals surface area contributed by atoms with Crippen molar-refractivity contribution in [2.75, 3.05) is 39.6 Å². The molecule has 17 nitrogen and oxygen atoms in total. The molecule has 0 amide bonds. The Morgan fingerprint density at radius 1 is 0.269 bits per heavy atom. The van der Waals surface area contributed by atoms with Crippen LogP contribution in [0.2, 0.25) is 0 Å². The van der Waals surface area contributed by atoms with Crippen molar-refractivity contribution < 1.29 is 80.2 Å². The van der Waals surface area contributed by atoms with Gasteiger partial charge in [-0.3, -0.25) is 37.3 Å². The lowest BCUT2D eigenvalue weighted by atomic mass is 10.0. The third-order valence-electron chi connectivity index (χ3n) is 17.8. The Hall–Kier alpha value is -3.76. The molecule has 0 aromatic carbocycles. The molecule has 0 saturated heterocycles. The fourth-order valence-electron chi connectivity index (χ4n) is 11.4. The summed E-state index contributed by atoms with van der Waals surface area (Å²) in [6.07, 6.45) is 81.3. The predicted octanol–water partition coefficient (Wildman–Crippen LogP) is 24.6. The van der Waals surface area contributed by atoms with Gasteiger partial charge >= 0.3 is 39.5 Å². The number of phosphoric ester groups is 2. The monoisotopic (exact) mass is 1510 g/mol. The molecule has 604 valence electrons. The summed E-state index contributed by atoms with van der Waals surface area (Å²) in [5, 5.41) is 10.7. The summed E-state index contributed by atoms with van der Waals surface area (Å²) >= 11 is 0. The summed E-state index contributed by atoms with van der Waals surface area (Å²) in [6.45, 7) is 4.80. The highest BCUT2D eigenvalue weighted by molar-refractivity contribution is 7.47. The Balaban J connectivity index is 5.40. The second-order valence-electron chi connectivity index (χ2n) is 28.1. The molecule has 0 aromatic heterocycles. The number of unbranched alkanes of at least 4 members (excludes halogenated alkanes) is 39. The third kappa shape index (κ3) is 76.4. The van der Waals surface area contributed by atoms with E-state index in [4.69, 9.17) is 37.0 Å². The fraction of sp³-hybridized carbons (Fsp3) is 0.788. The number of hydrogen-bond acceptors (Lipinski definition) is 15. The lowest BCUT2D eigenvalue weighted by molar-refractivity contribution is -0.161. The van der Waals surface area contributed by atoms with Crippen LogP contribution in [0.4, 0.5) is 0 Å². The maximum absolute atomic E-state index is 13.1. The topological polar surface area (TPSA) is 237 Å². The third-order valence-corrected chi connectivity index (χ3v) is 19.7. The van der Waals surface area contributed by atoms with Crippen molar-refractivity contribution in [3.8, 4) is 0 Å². The number of esters is 4. The molecule has 0 aliphatic carbocycles. The molecule has 0 heterocycles. The van der Waals surface area contributed by atoms with Crippen molar-refractivity contribution in [3.05, 3.63) is 85.1 Å². The van der Waals surface area contributed by atoms with E-state index in [0.717, 1.165) is 135 Å². The maximum atomic E-state index is 13.1. The van der Waals surface area contributed by atoms with Gasteiger partial charge < -0.3 is 33.8 Å². The molecule has 0 aliphatic heterocycles. The number of carbonyl (C=O) groups excluding carboxylic acids is 4. The minimum Gasteiger partial charge on any atom is -0.462 e. The van der Waals surface area contributed by atoms with Gasteiger partial charge in [-0.05, 0) is 122 Å². The number of phosphoric acid groups is 2. The van der Waals surface area contributed by atoms with Gasteiger partial charge in [0.05, 0.1) is 26.4 Å². The molecule has 2 unspecified atom stereocenters. The van der Waals surface area contributed by atoms with E-state index in [1.54, 1.807) is 0 Å². The van der Waals surface area contributed by atoms with E-state index in [1.165, 1.54) is 154 Å². The molecule has 0 spiro atoms. The molecular weight excluding hydrogens is 1350 g/mol. The Labute approximate surface area is 634 Å². The van der Waals surface area contributed by atoms with E-state index in [-0.39, 0.29) is 25.7 Å². The Morgan fingerprint density at radius 3 is 0.788 bits per heavy atom. The van der Waals surface area contributed by atoms with Crippen molar-refractivity contribution in [2.24, 2.45) is 0 Å². The van der Waals surface area contributed by atoms with E-state index in [9.17, 15) is 43.2 Å². The summed E-state index contributed by atoms with van der Waals surface area (Å²) in [6, 6.07) is 0. The van der Waals surface area contributed by atoms with Crippen LogP contribution in [0, 0.1) is 0 Å². The first-order valence-corrected chi connectivity index (χ1v) is 44.8. The molecular formula is C85H152O17P2. The van der Waals surface area contributed by atoms with Crippen molar-refractivity contribution >= 4 is 39.5 Å². The smallest absolute Gasteiger partial charge is 0.462 e. The van der Waals surface area contributed by atoms with Gasteiger partial charge in [0, 0.05) is 25.7 Å². The molecule has 0 radical (unpaired) electrons. The molecule has 104 heavy (non-hydrogen) atoms. The number of ether oxygens (including phenoxy) is 4. The largest absolute Gasteiger partial charge is 0.472 e. The van der Waals surface area contributed by atoms with Gasteiger partial charge in [-0.2, -0.15) is 0 Å². The van der Waals surface area contributed by atoms with Crippen molar-refractivity contribution in [3.63, 3.8) is 0 Å². The fourth-order valence-corrected chi connectivity index (χ4v) is 13.0. The Morgan fingerprint density at radius 2 is 0.481 bits per heavy atom. The quantitative estimate of drug-likeness (QED) is 0.0169. The number of rotatable bonds is 79. The number of carbonyl (C=O) groups is 4. The highest BCUT2D eigenvalue weighted by Crippen LogP contribution is 2.45. The van der Waals surface area contributed by atoms with Crippen molar-refractivity contribution in [2.45, 2.75) is 393 Å². The minimum absolute atomic E-state index is 0.0192. The molecule has 19 heteroatoms. The zero-order valence-electron chi connectivity index (χ0n) is 66.2. The van der Waals surface area contributed by atoms with Crippen molar-refractivity contribution in [1.82, 2.24) is 0 Å². The second-order valence-corrected chi connectivity index (χ2v) is 31.0. The Bertz CT molecular complexity index is 2300. The van der Waals surface area contributed by atoms with Crippen LogP contribution in [0.25, 0.3) is 0 Å². The van der Waals surface area contributed by atoms with Gasteiger partial charge in [-0.25, -0.2) is 9.13 Å². The zero-order valence-corrected chi connectivity index (χ0v) is 68.0. The van der Waals surface area contributed by atoms with Crippen LogP contribution in [-0.2, 0) is 65.4 Å². The lowest BCUT2D eigenvalue weighted by Gasteiger charge is -2.21. The van der Waals surface area contributed by atoms with E-state index in [0.29, 0.717) is 32.1 Å². The van der Waals surface area contributed by atoms with Gasteiger partial charge in [0.2, 0.25) is 0 Å². The van der Waals surface area contributed by atoms with Gasteiger partial charge in [0.25, 0.3) is 0 Å². The van der Waals surface area contributed by atoms with Crippen LogP contribution in [0.1, 0.15) is 374 Å². The SMILES string of the molecule is CCCCC/C=C\C/C=C\C/C=C\C/C=C\CCCC(=O)O[C@H](COC(=O)CCCCCCC/C=C\CCCCCCCC)COP(=O)(O)OC[C@@H](O)COP(=O)(O)OC[C@@H](COC(=O)CCCCCCC/C=C\C/C=C\CCCCC)OC(=O)CCCCCCCCCCCCCCCCCCC. The molecule has 0 bridgehead atoms. The molecule has 0 saturated carbocycles. The molecule has 3 N–H and O–H groups in total. The van der Waals surface area contributed by atoms with Gasteiger partial charge in [0.1, 0.15) is 19.3 Å². The maximum Gasteiger partial charge on any atom is 0.472 e. The number of aliphatic hydroxyl groups excluding tert-OH is 1. The van der Waals surface area contributed by atoms with E-state index in [1.807, 2.05) is 12.2 Å². The number of allylic oxidation sites excluding steroid dienone is 14. The lowest BCUT2D eigenvalue weighted by Crippen LogP contribution is -2.30. The highest BCUT2D eigenvalue weighted by Gasteiger charge is 2.30. The number of hydrogen-bond donors (Lipinski definition) is 3. The normalized spacial score (nSPS) is 14.3. The van der Waals surface area contributed by atoms with Crippen LogP contribution in [-0.4, -0.2) is 96.7 Å². The molecule has 0 aromatic rings. The first-order chi connectivity index (χ1) is 50.7. The van der Waals surface area contributed by atoms with Gasteiger partial charge in [-0.1, -0.05) is 312 Å². The van der Waals surface area contributed by atoms with Crippen LogP contribution >= 0.6 is 15.6 Å². The minimum atomic E-state index is -4.99. The predicted molar refractivity (Wildman–Crippen MR) is 427 cm³/mol. The average molecular weight is 1510 g/mol. The zero-order chi connectivity index (χ0) is 76.0. The summed E-state index contributed by atoms with van der Waals surface area (Å²) in [5.74, 6) is -2.24. The van der Waals surface area contributed by atoms with Crippen molar-refractivity contribution in [1.29, 1.82) is 0 Å². The highest BCUT2D eigenvalue weighted by atomic mass is 31.2. The molecule has 5 atom stereocenters. The van der Waals surface area contributed by atoms with Crippen LogP contribution in [0.5, 0.6) is 0 Å². The second kappa shape index (κ2) is 77.4. The van der Waals surface area contributed by atoms with E-state index in [2.05, 4.69) is 101 Å². The van der Waals surface area contributed by atoms with Gasteiger partial charge in [0.15, 0.2) is 12.2 Å². The van der Waals surface area contributed by atoms with E-state index < -0.39 is 97.5 Å². The standard InChI is InChI=1S/C85H152O17P2/c1-5-9-13-17-21-25-29-33-37-39-43-47-51-55-59-63-67-71-84(89)101-80(75-95-82(87)69-65-61-57-53-49-45-41-35-31-27-23-19-15-11-7-3)77-99-103(91,92)97-73-79(86)74-98-104(93,94)100-78-81(76-96-83(88)70-66-62-58-54-50-46-42-36-32-28-24-20-16-12-8-4)102-85(90)72-68-64-60-56-52-48-44-40-38-34-30-26-22-18-14-10-6-2/h21,24-25,28,33,35-37,41-43,47,55,59,79-81,86H,5-20,22-23,26-27,29-32,34,38-40,44-46,48-54,56-58,60-78H2,1-4H3,(H,91,92)(H,93,94)/b25-21-,28-24-,37-33-,41-35-,42-36-,47-43-,59-55-/t79-,80-,81-/m1/s1. The Kier molecular flexibility index (Phi) is 74.6. The number of aliphatic hydroxyl groups is 1. The van der Waals surface area contributed by atoms with Crippen LogP contribution in [0.3, 0.4) is 0 Å². The first-order valence-electron chi connectivity index (χ1n) is 41.8. The van der Waals surface area contributed by atoms with Gasteiger partial charge in [-0.15, -0.1) is 0 Å². The summed E-state index contributed by atoms with van der Waals surface area (Å²) in [4.78, 5) is 73.1. The van der Waals surface area contributed by atoms with E-state index >= 15 is 0 Å². The summed E-state index contributed by atoms with van der Waals surface area (Å²) in [5.41, 5.74) is 0.